The molecule has 1 atom stereocenters. The zero-order valence-electron chi connectivity index (χ0n) is 19.0. The summed E-state index contributed by atoms with van der Waals surface area (Å²) in [6.45, 7) is 2.19. The van der Waals surface area contributed by atoms with Crippen LogP contribution < -0.4 is 0 Å². The zero-order chi connectivity index (χ0) is 24.0. The van der Waals surface area contributed by atoms with Gasteiger partial charge in [0.1, 0.15) is 11.3 Å². The topological polar surface area (TPSA) is 57.5 Å². The highest BCUT2D eigenvalue weighted by molar-refractivity contribution is 6.30. The Morgan fingerprint density at radius 3 is 2.21 bits per heavy atom. The van der Waals surface area contributed by atoms with E-state index in [4.69, 9.17) is 21.1 Å². The van der Waals surface area contributed by atoms with E-state index >= 15 is 0 Å². The molecule has 1 aromatic heterocycles. The summed E-state index contributed by atoms with van der Waals surface area (Å²) < 4.78 is 11.8. The molecular formula is C28H22ClNO4. The number of nitrogens with zero attached hydrogens (tertiary/aromatic N) is 1. The van der Waals surface area contributed by atoms with E-state index in [0.717, 1.165) is 11.1 Å². The predicted octanol–water partition coefficient (Wildman–Crippen LogP) is 6.50. The maximum Gasteiger partial charge on any atom is 0.355 e. The van der Waals surface area contributed by atoms with Crippen molar-refractivity contribution in [2.45, 2.75) is 12.8 Å². The fourth-order valence-electron chi connectivity index (χ4n) is 4.76. The van der Waals surface area contributed by atoms with Crippen molar-refractivity contribution in [2.24, 2.45) is 0 Å². The maximum absolute atomic E-state index is 13.0. The first kappa shape index (κ1) is 22.0. The zero-order valence-corrected chi connectivity index (χ0v) is 19.7. The van der Waals surface area contributed by atoms with Crippen molar-refractivity contribution in [3.05, 3.63) is 100 Å². The molecule has 0 spiro atoms. The lowest BCUT2D eigenvalue weighted by Gasteiger charge is -2.10. The Morgan fingerprint density at radius 2 is 1.50 bits per heavy atom. The van der Waals surface area contributed by atoms with Crippen LogP contribution in [-0.2, 0) is 9.47 Å². The Kier molecular flexibility index (Phi) is 5.50. The number of methoxy groups -OCH3 is 2. The molecule has 4 aromatic rings. The molecule has 1 heterocycles. The van der Waals surface area contributed by atoms with Crippen molar-refractivity contribution in [2.75, 3.05) is 14.2 Å². The molecule has 3 aromatic carbocycles. The summed E-state index contributed by atoms with van der Waals surface area (Å²) in [6.07, 6.45) is 1.77. The number of hydrogen-bond acceptors (Lipinski definition) is 4. The van der Waals surface area contributed by atoms with Crippen LogP contribution in [0.3, 0.4) is 0 Å². The first-order valence-corrected chi connectivity index (χ1v) is 11.2. The van der Waals surface area contributed by atoms with Gasteiger partial charge in [-0.1, -0.05) is 54.9 Å². The summed E-state index contributed by atoms with van der Waals surface area (Å²) in [7, 11) is 2.59. The van der Waals surface area contributed by atoms with Crippen LogP contribution >= 0.6 is 11.6 Å². The molecule has 5 nitrogen and oxygen atoms in total. The summed E-state index contributed by atoms with van der Waals surface area (Å²) in [5.74, 6) is -0.969. The number of ether oxygens (including phenoxy) is 2. The average molecular weight is 472 g/mol. The van der Waals surface area contributed by atoms with Crippen LogP contribution in [0.1, 0.15) is 44.8 Å². The fraction of sp³-hybridized carbons (Fsp3) is 0.143. The molecule has 6 heteroatoms. The lowest BCUT2D eigenvalue weighted by molar-refractivity contribution is 0.0550. The van der Waals surface area contributed by atoms with Gasteiger partial charge < -0.3 is 14.0 Å². The van der Waals surface area contributed by atoms with E-state index in [9.17, 15) is 9.59 Å². The lowest BCUT2D eigenvalue weighted by atomic mass is 9.95. The van der Waals surface area contributed by atoms with Gasteiger partial charge in [-0.3, -0.25) is 0 Å². The van der Waals surface area contributed by atoms with Crippen LogP contribution in [0.4, 0.5) is 0 Å². The number of rotatable bonds is 4. The molecule has 0 radical (unpaired) electrons. The van der Waals surface area contributed by atoms with E-state index in [1.807, 2.05) is 18.2 Å². The Bertz CT molecular complexity index is 1440. The molecule has 0 fully saturated rings. The van der Waals surface area contributed by atoms with Gasteiger partial charge in [0.2, 0.25) is 0 Å². The minimum Gasteiger partial charge on any atom is -0.465 e. The number of hydrogen-bond donors (Lipinski definition) is 0. The van der Waals surface area contributed by atoms with Gasteiger partial charge in [0, 0.05) is 28.4 Å². The smallest absolute Gasteiger partial charge is 0.355 e. The molecule has 0 saturated carbocycles. The summed E-state index contributed by atoms with van der Waals surface area (Å²) in [5, 5.41) is 0.565. The molecule has 0 saturated heterocycles. The molecule has 0 aliphatic heterocycles. The molecule has 1 unspecified atom stereocenters. The van der Waals surface area contributed by atoms with Gasteiger partial charge in [-0.2, -0.15) is 0 Å². The molecule has 5 rings (SSSR count). The van der Waals surface area contributed by atoms with Gasteiger partial charge in [-0.05, 0) is 58.1 Å². The van der Waals surface area contributed by atoms with Crippen molar-refractivity contribution >= 4 is 23.5 Å². The molecule has 1 aliphatic rings. The Labute approximate surface area is 202 Å². The summed E-state index contributed by atoms with van der Waals surface area (Å²) in [6, 6.07) is 21.5. The van der Waals surface area contributed by atoms with Crippen LogP contribution in [0.25, 0.3) is 27.9 Å². The third-order valence-electron chi connectivity index (χ3n) is 6.43. The molecule has 0 N–H and O–H groups in total. The summed E-state index contributed by atoms with van der Waals surface area (Å²) in [5.41, 5.74) is 7.12. The van der Waals surface area contributed by atoms with Crippen molar-refractivity contribution in [3.63, 3.8) is 0 Å². The van der Waals surface area contributed by atoms with Gasteiger partial charge in [0.15, 0.2) is 0 Å². The first-order valence-electron chi connectivity index (χ1n) is 10.9. The Balaban J connectivity index is 1.77. The van der Waals surface area contributed by atoms with Gasteiger partial charge >= 0.3 is 11.9 Å². The van der Waals surface area contributed by atoms with Crippen molar-refractivity contribution < 1.29 is 19.1 Å². The predicted molar refractivity (Wildman–Crippen MR) is 132 cm³/mol. The maximum atomic E-state index is 13.0. The second kappa shape index (κ2) is 8.50. The van der Waals surface area contributed by atoms with E-state index in [2.05, 4.69) is 31.2 Å². The van der Waals surface area contributed by atoms with Crippen molar-refractivity contribution in [1.82, 2.24) is 4.57 Å². The average Bonchev–Trinajstić information content (AvgIpc) is 3.40. The van der Waals surface area contributed by atoms with Crippen molar-refractivity contribution in [1.29, 1.82) is 0 Å². The van der Waals surface area contributed by atoms with Gasteiger partial charge in [0.05, 0.1) is 14.2 Å². The molecular weight excluding hydrogens is 450 g/mol. The van der Waals surface area contributed by atoms with E-state index in [1.165, 1.54) is 30.9 Å². The molecule has 0 bridgehead atoms. The SMILES string of the molecule is COC(=O)c1c(-c2ccc3c(c2)-c2ccccc2C3C)cn(-c2ccc(Cl)cc2)c1C(=O)OC. The Hall–Kier alpha value is -3.83. The number of benzene rings is 3. The highest BCUT2D eigenvalue weighted by Gasteiger charge is 2.31. The number of carbonyl (C=O) groups excluding carboxylic acids is 2. The van der Waals surface area contributed by atoms with Crippen molar-refractivity contribution in [3.8, 4) is 27.9 Å². The monoisotopic (exact) mass is 471 g/mol. The van der Waals surface area contributed by atoms with Crippen LogP contribution in [0.5, 0.6) is 0 Å². The minimum absolute atomic E-state index is 0.0981. The lowest BCUT2D eigenvalue weighted by Crippen LogP contribution is -2.15. The van der Waals surface area contributed by atoms with Crippen LogP contribution in [0.15, 0.2) is 72.9 Å². The van der Waals surface area contributed by atoms with Gasteiger partial charge in [-0.15, -0.1) is 0 Å². The quantitative estimate of drug-likeness (QED) is 0.319. The molecule has 1 aliphatic carbocycles. The summed E-state index contributed by atoms with van der Waals surface area (Å²) in [4.78, 5) is 25.8. The number of esters is 2. The van der Waals surface area contributed by atoms with E-state index < -0.39 is 11.9 Å². The van der Waals surface area contributed by atoms with Crippen LogP contribution in [0.2, 0.25) is 5.02 Å². The van der Waals surface area contributed by atoms with E-state index in [0.29, 0.717) is 16.3 Å². The second-order valence-electron chi connectivity index (χ2n) is 8.21. The van der Waals surface area contributed by atoms with Gasteiger partial charge in [-0.25, -0.2) is 9.59 Å². The number of aromatic nitrogens is 1. The largest absolute Gasteiger partial charge is 0.465 e. The highest BCUT2D eigenvalue weighted by atomic mass is 35.5. The van der Waals surface area contributed by atoms with Gasteiger partial charge in [0.25, 0.3) is 0 Å². The number of fused-ring (bicyclic) bond motifs is 3. The molecule has 170 valence electrons. The van der Waals surface area contributed by atoms with Crippen LogP contribution in [0, 0.1) is 0 Å². The minimum atomic E-state index is -0.637. The standard InChI is InChI=1S/C28H22ClNO4/c1-16-20-6-4-5-7-22(20)23-14-17(8-13-21(16)23)24-15-30(19-11-9-18(29)10-12-19)26(28(32)34-3)25(24)27(31)33-2/h4-16H,1-3H3. The third-order valence-corrected chi connectivity index (χ3v) is 6.68. The summed E-state index contributed by atoms with van der Waals surface area (Å²) >= 11 is 6.07. The molecule has 0 amide bonds. The molecule has 34 heavy (non-hydrogen) atoms. The normalized spacial score (nSPS) is 13.8. The first-order chi connectivity index (χ1) is 16.4. The third kappa shape index (κ3) is 3.40. The van der Waals surface area contributed by atoms with E-state index in [1.54, 1.807) is 35.0 Å². The Morgan fingerprint density at radius 1 is 0.824 bits per heavy atom. The number of halogens is 1. The van der Waals surface area contributed by atoms with E-state index in [-0.39, 0.29) is 17.2 Å². The highest BCUT2D eigenvalue weighted by Crippen LogP contribution is 2.46. The number of carbonyl (C=O) groups is 2. The second-order valence-corrected chi connectivity index (χ2v) is 8.64. The fourth-order valence-corrected chi connectivity index (χ4v) is 4.88. The van der Waals surface area contributed by atoms with Crippen LogP contribution in [-0.4, -0.2) is 30.7 Å².